The molecule has 0 spiro atoms. The second-order valence-corrected chi connectivity index (χ2v) is 3.81. The molecule has 1 rings (SSSR count). The standard InChI is InChI=1S/C8H13N5O3S/c1-15-5(14)3-4-17-8-11-6(13-9)10-7(12-8)16-2/h3-4,9H2,1-2H3,(H,10,11,12,13). The van der Waals surface area contributed by atoms with Crippen LogP contribution in [0.2, 0.25) is 0 Å². The number of methoxy groups -OCH3 is 2. The lowest BCUT2D eigenvalue weighted by molar-refractivity contribution is -0.140. The van der Waals surface area contributed by atoms with Crippen molar-refractivity contribution in [2.45, 2.75) is 11.6 Å². The fourth-order valence-electron chi connectivity index (χ4n) is 0.886. The molecule has 94 valence electrons. The summed E-state index contributed by atoms with van der Waals surface area (Å²) in [6.07, 6.45) is 0.278. The van der Waals surface area contributed by atoms with E-state index in [0.29, 0.717) is 10.9 Å². The molecule has 0 bridgehead atoms. The number of thioether (sulfide) groups is 1. The first kappa shape index (κ1) is 13.5. The van der Waals surface area contributed by atoms with Gasteiger partial charge in [-0.1, -0.05) is 11.8 Å². The van der Waals surface area contributed by atoms with Crippen LogP contribution in [0.25, 0.3) is 0 Å². The van der Waals surface area contributed by atoms with Crippen LogP contribution in [0.3, 0.4) is 0 Å². The van der Waals surface area contributed by atoms with Crippen LogP contribution >= 0.6 is 11.8 Å². The molecular weight excluding hydrogens is 246 g/mol. The second kappa shape index (κ2) is 6.86. The number of nitrogens with one attached hydrogen (secondary N) is 1. The van der Waals surface area contributed by atoms with Crippen LogP contribution in [0, 0.1) is 0 Å². The molecule has 0 saturated carbocycles. The molecule has 0 aliphatic carbocycles. The van der Waals surface area contributed by atoms with Gasteiger partial charge in [-0.15, -0.1) is 0 Å². The molecule has 1 aromatic rings. The van der Waals surface area contributed by atoms with Crippen LogP contribution in [0.15, 0.2) is 5.16 Å². The number of carbonyl (C=O) groups excluding carboxylic acids is 1. The molecule has 0 aliphatic heterocycles. The Morgan fingerprint density at radius 3 is 2.76 bits per heavy atom. The highest BCUT2D eigenvalue weighted by Crippen LogP contribution is 2.17. The third-order valence-corrected chi connectivity index (χ3v) is 2.52. The largest absolute Gasteiger partial charge is 0.469 e. The predicted octanol–water partition coefficient (Wildman–Crippen LogP) is -0.179. The molecule has 0 amide bonds. The van der Waals surface area contributed by atoms with E-state index in [-0.39, 0.29) is 24.3 Å². The van der Waals surface area contributed by atoms with Gasteiger partial charge in [0.05, 0.1) is 20.6 Å². The minimum atomic E-state index is -0.282. The molecule has 0 unspecified atom stereocenters. The summed E-state index contributed by atoms with van der Waals surface area (Å²) in [4.78, 5) is 22.7. The first-order chi connectivity index (χ1) is 8.19. The summed E-state index contributed by atoms with van der Waals surface area (Å²) in [5, 5.41) is 0.425. The van der Waals surface area contributed by atoms with Gasteiger partial charge in [-0.25, -0.2) is 5.84 Å². The van der Waals surface area contributed by atoms with Gasteiger partial charge in [-0.2, -0.15) is 15.0 Å². The molecule has 3 N–H and O–H groups in total. The number of rotatable bonds is 6. The fraction of sp³-hybridized carbons (Fsp3) is 0.500. The average Bonchev–Trinajstić information content (AvgIpc) is 2.37. The molecule has 8 nitrogen and oxygen atoms in total. The maximum absolute atomic E-state index is 10.9. The van der Waals surface area contributed by atoms with E-state index in [1.807, 2.05) is 0 Å². The maximum Gasteiger partial charge on any atom is 0.321 e. The van der Waals surface area contributed by atoms with Crippen LogP contribution in [0.1, 0.15) is 6.42 Å². The van der Waals surface area contributed by atoms with Gasteiger partial charge >= 0.3 is 12.0 Å². The van der Waals surface area contributed by atoms with Crippen molar-refractivity contribution in [3.63, 3.8) is 0 Å². The third kappa shape index (κ3) is 4.41. The second-order valence-electron chi connectivity index (χ2n) is 2.75. The van der Waals surface area contributed by atoms with E-state index in [1.165, 1.54) is 26.0 Å². The zero-order valence-corrected chi connectivity index (χ0v) is 10.3. The highest BCUT2D eigenvalue weighted by Gasteiger charge is 2.07. The van der Waals surface area contributed by atoms with Gasteiger partial charge in [0.15, 0.2) is 5.16 Å². The van der Waals surface area contributed by atoms with Crippen LogP contribution < -0.4 is 16.0 Å². The summed E-state index contributed by atoms with van der Waals surface area (Å²) in [6, 6.07) is 0.161. The van der Waals surface area contributed by atoms with Gasteiger partial charge < -0.3 is 9.47 Å². The van der Waals surface area contributed by atoms with Crippen molar-refractivity contribution in [1.29, 1.82) is 0 Å². The number of hydrogen-bond donors (Lipinski definition) is 2. The number of nitrogens with zero attached hydrogens (tertiary/aromatic N) is 3. The molecule has 0 saturated heterocycles. The van der Waals surface area contributed by atoms with Gasteiger partial charge in [0, 0.05) is 5.75 Å². The first-order valence-corrected chi connectivity index (χ1v) is 5.64. The number of esters is 1. The highest BCUT2D eigenvalue weighted by atomic mass is 32.2. The Morgan fingerprint density at radius 2 is 2.18 bits per heavy atom. The van der Waals surface area contributed by atoms with Crippen LogP contribution in [-0.4, -0.2) is 40.9 Å². The third-order valence-electron chi connectivity index (χ3n) is 1.67. The molecule has 17 heavy (non-hydrogen) atoms. The molecule has 0 aliphatic rings. The minimum Gasteiger partial charge on any atom is -0.469 e. The Bertz CT molecular complexity index is 367. The average molecular weight is 259 g/mol. The van der Waals surface area contributed by atoms with E-state index in [0.717, 1.165) is 0 Å². The van der Waals surface area contributed by atoms with Crippen molar-refractivity contribution in [2.75, 3.05) is 25.4 Å². The van der Waals surface area contributed by atoms with Crippen molar-refractivity contribution >= 4 is 23.7 Å². The van der Waals surface area contributed by atoms with E-state index < -0.39 is 0 Å². The van der Waals surface area contributed by atoms with E-state index in [1.54, 1.807) is 0 Å². The monoisotopic (exact) mass is 259 g/mol. The summed E-state index contributed by atoms with van der Waals surface area (Å²) in [5.74, 6) is 5.63. The van der Waals surface area contributed by atoms with Crippen LogP contribution in [-0.2, 0) is 9.53 Å². The number of anilines is 1. The molecule has 9 heteroatoms. The number of nitrogens with two attached hydrogens (primary N) is 1. The number of nitrogen functional groups attached to an aromatic ring is 1. The Hall–Kier alpha value is -1.61. The summed E-state index contributed by atoms with van der Waals surface area (Å²) in [7, 11) is 2.79. The van der Waals surface area contributed by atoms with Crippen molar-refractivity contribution < 1.29 is 14.3 Å². The Balaban J connectivity index is 2.60. The molecule has 0 radical (unpaired) electrons. The summed E-state index contributed by atoms with van der Waals surface area (Å²) in [5.41, 5.74) is 2.31. The Kier molecular flexibility index (Phi) is 5.43. The molecule has 0 aromatic carbocycles. The van der Waals surface area contributed by atoms with Gasteiger partial charge in [0.25, 0.3) is 0 Å². The van der Waals surface area contributed by atoms with Crippen molar-refractivity contribution in [2.24, 2.45) is 5.84 Å². The maximum atomic E-state index is 10.9. The molecule has 0 fully saturated rings. The normalized spacial score (nSPS) is 9.82. The van der Waals surface area contributed by atoms with Crippen LogP contribution in [0.5, 0.6) is 6.01 Å². The lowest BCUT2D eigenvalue weighted by Crippen LogP contribution is -2.12. The predicted molar refractivity (Wildman–Crippen MR) is 61.5 cm³/mol. The van der Waals surface area contributed by atoms with Gasteiger partial charge in [0.1, 0.15) is 0 Å². The van der Waals surface area contributed by atoms with E-state index >= 15 is 0 Å². The van der Waals surface area contributed by atoms with Gasteiger partial charge in [-0.05, 0) is 0 Å². The quantitative estimate of drug-likeness (QED) is 0.311. The van der Waals surface area contributed by atoms with Gasteiger partial charge in [0.2, 0.25) is 5.95 Å². The van der Waals surface area contributed by atoms with Crippen molar-refractivity contribution in [3.05, 3.63) is 0 Å². The first-order valence-electron chi connectivity index (χ1n) is 4.66. The lowest BCUT2D eigenvalue weighted by Gasteiger charge is -2.04. The number of ether oxygens (including phenoxy) is 2. The number of hydrazine groups is 1. The topological polar surface area (TPSA) is 112 Å². The molecule has 1 aromatic heterocycles. The number of carbonyl (C=O) groups is 1. The highest BCUT2D eigenvalue weighted by molar-refractivity contribution is 7.99. The summed E-state index contributed by atoms with van der Waals surface area (Å²) in [6.45, 7) is 0. The molecule has 1 heterocycles. The zero-order chi connectivity index (χ0) is 12.7. The summed E-state index contributed by atoms with van der Waals surface area (Å²) >= 11 is 1.28. The Morgan fingerprint density at radius 1 is 1.41 bits per heavy atom. The van der Waals surface area contributed by atoms with E-state index in [9.17, 15) is 4.79 Å². The lowest BCUT2D eigenvalue weighted by atomic mass is 10.5. The van der Waals surface area contributed by atoms with Crippen molar-refractivity contribution in [3.8, 4) is 6.01 Å². The van der Waals surface area contributed by atoms with Crippen molar-refractivity contribution in [1.82, 2.24) is 15.0 Å². The SMILES string of the molecule is COC(=O)CCSc1nc(NN)nc(OC)n1. The number of hydrogen-bond acceptors (Lipinski definition) is 9. The Labute approximate surface area is 102 Å². The number of aromatic nitrogens is 3. The molecular formula is C8H13N5O3S. The fourth-order valence-corrected chi connectivity index (χ4v) is 1.63. The minimum absolute atomic E-state index is 0.161. The van der Waals surface area contributed by atoms with Crippen LogP contribution in [0.4, 0.5) is 5.95 Å². The van der Waals surface area contributed by atoms with Gasteiger partial charge in [-0.3, -0.25) is 10.2 Å². The summed E-state index contributed by atoms with van der Waals surface area (Å²) < 4.78 is 9.40. The smallest absolute Gasteiger partial charge is 0.321 e. The zero-order valence-electron chi connectivity index (χ0n) is 9.47. The van der Waals surface area contributed by atoms with E-state index in [2.05, 4.69) is 25.1 Å². The van der Waals surface area contributed by atoms with E-state index in [4.69, 9.17) is 10.6 Å². The molecule has 0 atom stereocenters.